The third-order valence-corrected chi connectivity index (χ3v) is 7.91. The van der Waals surface area contributed by atoms with Gasteiger partial charge in [0.2, 0.25) is 10.0 Å². The largest absolute Gasteiger partial charge is 0.379 e. The first kappa shape index (κ1) is 21.2. The number of ether oxygens (including phenoxy) is 1. The van der Waals surface area contributed by atoms with Crippen molar-refractivity contribution >= 4 is 32.8 Å². The Morgan fingerprint density at radius 1 is 1.13 bits per heavy atom. The summed E-state index contributed by atoms with van der Waals surface area (Å²) < 4.78 is 61.5. The van der Waals surface area contributed by atoms with Crippen LogP contribution in [0.4, 0.5) is 8.78 Å². The summed E-state index contributed by atoms with van der Waals surface area (Å²) in [6, 6.07) is 8.41. The molecule has 1 aromatic heterocycles. The summed E-state index contributed by atoms with van der Waals surface area (Å²) >= 11 is 1.22. The van der Waals surface area contributed by atoms with Crippen LogP contribution in [0.5, 0.6) is 0 Å². The molecule has 0 saturated carbocycles. The van der Waals surface area contributed by atoms with E-state index in [0.717, 1.165) is 11.6 Å². The second-order valence-corrected chi connectivity index (χ2v) is 9.76. The number of imidazole rings is 1. The van der Waals surface area contributed by atoms with Crippen molar-refractivity contribution < 1.29 is 21.9 Å². The number of aromatic nitrogens is 2. The number of nitrogens with zero attached hydrogens (tertiary/aromatic N) is 3. The number of sulfonamides is 1. The van der Waals surface area contributed by atoms with E-state index in [1.165, 1.54) is 28.2 Å². The first-order valence-corrected chi connectivity index (χ1v) is 12.0. The fourth-order valence-corrected chi connectivity index (χ4v) is 5.75. The molecule has 1 fully saturated rings. The number of rotatable bonds is 6. The van der Waals surface area contributed by atoms with Crippen molar-refractivity contribution in [2.24, 2.45) is 0 Å². The molecule has 0 amide bonds. The molecule has 6 nitrogen and oxygen atoms in total. The van der Waals surface area contributed by atoms with E-state index in [0.29, 0.717) is 54.8 Å². The lowest BCUT2D eigenvalue weighted by Gasteiger charge is -2.26. The minimum atomic E-state index is -3.62. The Balaban J connectivity index is 1.63. The van der Waals surface area contributed by atoms with Crippen molar-refractivity contribution in [1.82, 2.24) is 13.9 Å². The zero-order valence-corrected chi connectivity index (χ0v) is 18.0. The molecule has 0 radical (unpaired) electrons. The maximum absolute atomic E-state index is 13.9. The highest BCUT2D eigenvalue weighted by atomic mass is 32.2. The van der Waals surface area contributed by atoms with Crippen LogP contribution in [0, 0.1) is 11.6 Å². The van der Waals surface area contributed by atoms with Gasteiger partial charge in [-0.15, -0.1) is 11.8 Å². The van der Waals surface area contributed by atoms with Gasteiger partial charge in [-0.2, -0.15) is 4.31 Å². The molecule has 0 aliphatic carbocycles. The van der Waals surface area contributed by atoms with Crippen molar-refractivity contribution in [1.29, 1.82) is 0 Å². The van der Waals surface area contributed by atoms with Crippen LogP contribution in [-0.4, -0.2) is 48.6 Å². The predicted molar refractivity (Wildman–Crippen MR) is 111 cm³/mol. The summed E-state index contributed by atoms with van der Waals surface area (Å²) in [5.41, 5.74) is 1.38. The zero-order chi connectivity index (χ0) is 21.3. The maximum atomic E-state index is 13.9. The molecule has 0 bridgehead atoms. The van der Waals surface area contributed by atoms with Crippen molar-refractivity contribution in [2.45, 2.75) is 29.0 Å². The SMILES string of the molecule is CCn1c(CSc2ccc(F)cc2F)nc2cc(S(=O)(=O)N3CCOCC3)ccc21. The minimum absolute atomic E-state index is 0.196. The molecular formula is C20H21F2N3O3S2. The molecule has 0 unspecified atom stereocenters. The van der Waals surface area contributed by atoms with Crippen molar-refractivity contribution in [3.63, 3.8) is 0 Å². The Bertz CT molecular complexity index is 1180. The number of hydrogen-bond donors (Lipinski definition) is 0. The summed E-state index contributed by atoms with van der Waals surface area (Å²) in [6.07, 6.45) is 0. The van der Waals surface area contributed by atoms with Crippen LogP contribution in [0.1, 0.15) is 12.7 Å². The molecule has 0 spiro atoms. The van der Waals surface area contributed by atoms with Gasteiger partial charge in [0, 0.05) is 30.6 Å². The average molecular weight is 454 g/mol. The number of benzene rings is 2. The van der Waals surface area contributed by atoms with Crippen LogP contribution in [0.2, 0.25) is 0 Å². The van der Waals surface area contributed by atoms with E-state index in [9.17, 15) is 17.2 Å². The van der Waals surface area contributed by atoms with Crippen molar-refractivity contribution in [3.05, 3.63) is 53.9 Å². The second-order valence-electron chi connectivity index (χ2n) is 6.80. The van der Waals surface area contributed by atoms with Gasteiger partial charge >= 0.3 is 0 Å². The van der Waals surface area contributed by atoms with E-state index in [2.05, 4.69) is 4.98 Å². The zero-order valence-electron chi connectivity index (χ0n) is 16.3. The van der Waals surface area contributed by atoms with Crippen LogP contribution in [0.25, 0.3) is 11.0 Å². The molecular weight excluding hydrogens is 432 g/mol. The third-order valence-electron chi connectivity index (χ3n) is 4.97. The highest BCUT2D eigenvalue weighted by Gasteiger charge is 2.27. The fourth-order valence-electron chi connectivity index (χ4n) is 3.45. The first-order chi connectivity index (χ1) is 14.4. The van der Waals surface area contributed by atoms with E-state index in [4.69, 9.17) is 4.74 Å². The Hall–Kier alpha value is -2.01. The van der Waals surface area contributed by atoms with Gasteiger partial charge < -0.3 is 9.30 Å². The molecule has 4 rings (SSSR count). The van der Waals surface area contributed by atoms with Gasteiger partial charge in [0.1, 0.15) is 17.5 Å². The van der Waals surface area contributed by atoms with Crippen LogP contribution >= 0.6 is 11.8 Å². The van der Waals surface area contributed by atoms with Gasteiger partial charge in [-0.3, -0.25) is 0 Å². The Kier molecular flexibility index (Phi) is 6.10. The van der Waals surface area contributed by atoms with E-state index in [1.54, 1.807) is 18.2 Å². The molecule has 160 valence electrons. The fraction of sp³-hybridized carbons (Fsp3) is 0.350. The normalized spacial score (nSPS) is 15.7. The number of morpholine rings is 1. The summed E-state index contributed by atoms with van der Waals surface area (Å²) in [7, 11) is -3.62. The van der Waals surface area contributed by atoms with Crippen molar-refractivity contribution in [3.8, 4) is 0 Å². The molecule has 2 aromatic carbocycles. The highest BCUT2D eigenvalue weighted by Crippen LogP contribution is 2.29. The van der Waals surface area contributed by atoms with Gasteiger partial charge in [-0.1, -0.05) is 0 Å². The van der Waals surface area contributed by atoms with Gasteiger partial charge in [0.05, 0.1) is 34.9 Å². The monoisotopic (exact) mass is 453 g/mol. The van der Waals surface area contributed by atoms with Crippen molar-refractivity contribution in [2.75, 3.05) is 26.3 Å². The lowest BCUT2D eigenvalue weighted by atomic mass is 10.3. The minimum Gasteiger partial charge on any atom is -0.379 e. The predicted octanol–water partition coefficient (Wildman–Crippen LogP) is 3.65. The summed E-state index contributed by atoms with van der Waals surface area (Å²) in [4.78, 5) is 5.13. The number of halogens is 2. The molecule has 1 aliphatic heterocycles. The average Bonchev–Trinajstić information content (AvgIpc) is 3.10. The smallest absolute Gasteiger partial charge is 0.243 e. The molecule has 0 N–H and O–H groups in total. The lowest BCUT2D eigenvalue weighted by Crippen LogP contribution is -2.40. The summed E-state index contributed by atoms with van der Waals surface area (Å²) in [5, 5.41) is 0. The topological polar surface area (TPSA) is 64.4 Å². The van der Waals surface area contributed by atoms with Crippen LogP contribution < -0.4 is 0 Å². The molecule has 0 atom stereocenters. The molecule has 10 heteroatoms. The summed E-state index contributed by atoms with van der Waals surface area (Å²) in [6.45, 7) is 4.02. The molecule has 30 heavy (non-hydrogen) atoms. The van der Waals surface area contributed by atoms with E-state index in [1.807, 2.05) is 11.5 Å². The second kappa shape index (κ2) is 8.62. The lowest BCUT2D eigenvalue weighted by molar-refractivity contribution is 0.0730. The van der Waals surface area contributed by atoms with Gasteiger partial charge in [-0.05, 0) is 37.3 Å². The molecule has 2 heterocycles. The Morgan fingerprint density at radius 2 is 1.90 bits per heavy atom. The van der Waals surface area contributed by atoms with Gasteiger partial charge in [0.15, 0.2) is 0 Å². The van der Waals surface area contributed by atoms with E-state index < -0.39 is 21.7 Å². The number of aryl methyl sites for hydroxylation is 1. The van der Waals surface area contributed by atoms with Crippen LogP contribution in [0.3, 0.4) is 0 Å². The van der Waals surface area contributed by atoms with Gasteiger partial charge in [-0.25, -0.2) is 22.2 Å². The Morgan fingerprint density at radius 3 is 2.60 bits per heavy atom. The van der Waals surface area contributed by atoms with E-state index >= 15 is 0 Å². The number of thioether (sulfide) groups is 1. The van der Waals surface area contributed by atoms with E-state index in [-0.39, 0.29) is 4.90 Å². The maximum Gasteiger partial charge on any atom is 0.243 e. The number of hydrogen-bond acceptors (Lipinski definition) is 5. The number of fused-ring (bicyclic) bond motifs is 1. The van der Waals surface area contributed by atoms with Crippen LogP contribution in [-0.2, 0) is 27.1 Å². The Labute approximate surface area is 177 Å². The quantitative estimate of drug-likeness (QED) is 0.533. The summed E-state index contributed by atoms with van der Waals surface area (Å²) in [5.74, 6) is -0.164. The molecule has 1 aliphatic rings. The molecule has 3 aromatic rings. The molecule has 1 saturated heterocycles. The first-order valence-electron chi connectivity index (χ1n) is 9.55. The highest BCUT2D eigenvalue weighted by molar-refractivity contribution is 7.98. The third kappa shape index (κ3) is 4.09. The standard InChI is InChI=1S/C20H21F2N3O3S2/c1-2-25-18-5-4-15(30(26,27)24-7-9-28-10-8-24)12-17(18)23-20(25)13-29-19-6-3-14(21)11-16(19)22/h3-6,11-12H,2,7-10,13H2,1H3. The van der Waals surface area contributed by atoms with Crippen LogP contribution in [0.15, 0.2) is 46.2 Å². The van der Waals surface area contributed by atoms with Gasteiger partial charge in [0.25, 0.3) is 0 Å².